The first-order chi connectivity index (χ1) is 15.2. The van der Waals surface area contributed by atoms with Crippen LogP contribution in [0.15, 0.2) is 48.9 Å². The van der Waals surface area contributed by atoms with E-state index < -0.39 is 0 Å². The number of rotatable bonds is 5. The van der Waals surface area contributed by atoms with Gasteiger partial charge in [-0.15, -0.1) is 0 Å². The van der Waals surface area contributed by atoms with E-state index in [1.165, 1.54) is 0 Å². The van der Waals surface area contributed by atoms with Crippen LogP contribution >= 0.6 is 0 Å². The summed E-state index contributed by atoms with van der Waals surface area (Å²) in [5.41, 5.74) is 5.07. The lowest BCUT2D eigenvalue weighted by Crippen LogP contribution is -2.33. The Balaban J connectivity index is 1.24. The van der Waals surface area contributed by atoms with Gasteiger partial charge in [0.05, 0.1) is 36.2 Å². The molecular weight excluding hydrogens is 394 g/mol. The third-order valence-corrected chi connectivity index (χ3v) is 5.88. The molecule has 158 valence electrons. The number of carbonyl (C=O) groups is 2. The van der Waals surface area contributed by atoms with Gasteiger partial charge in [-0.05, 0) is 54.2 Å². The van der Waals surface area contributed by atoms with Gasteiger partial charge in [-0.3, -0.25) is 19.3 Å². The smallest absolute Gasteiger partial charge is 0.259 e. The quantitative estimate of drug-likeness (QED) is 0.665. The minimum absolute atomic E-state index is 0.134. The fourth-order valence-electron chi connectivity index (χ4n) is 4.15. The highest BCUT2D eigenvalue weighted by Crippen LogP contribution is 2.26. The molecule has 0 unspecified atom stereocenters. The average molecular weight is 417 g/mol. The highest BCUT2D eigenvalue weighted by Gasteiger charge is 2.26. The number of hydrogen-bond acceptors (Lipinski definition) is 5. The molecule has 2 amide bonds. The first-order valence-corrected chi connectivity index (χ1v) is 10.4. The molecule has 2 N–H and O–H groups in total. The van der Waals surface area contributed by atoms with Gasteiger partial charge in [0.25, 0.3) is 11.8 Å². The average Bonchev–Trinajstić information content (AvgIpc) is 3.44. The molecule has 4 heterocycles. The van der Waals surface area contributed by atoms with E-state index in [-0.39, 0.29) is 17.7 Å². The number of aryl methyl sites for hydroxylation is 1. The van der Waals surface area contributed by atoms with Gasteiger partial charge in [-0.25, -0.2) is 0 Å². The molecule has 8 heteroatoms. The molecule has 0 fully saturated rings. The number of hydrogen-bond donors (Lipinski definition) is 2. The Kier molecular flexibility index (Phi) is 5.21. The van der Waals surface area contributed by atoms with Crippen LogP contribution < -0.4 is 10.6 Å². The summed E-state index contributed by atoms with van der Waals surface area (Å²) < 4.78 is 7.34. The molecule has 2 aromatic heterocycles. The summed E-state index contributed by atoms with van der Waals surface area (Å²) in [5, 5.41) is 10.4. The van der Waals surface area contributed by atoms with Crippen LogP contribution in [0.25, 0.3) is 0 Å². The molecule has 0 spiro atoms. The SMILES string of the molecule is O=C(NC[C@H]1CCn2ncc(C(=O)Nc3ccc4c(c3)COC4)c2C1)c1cccnc1. The highest BCUT2D eigenvalue weighted by molar-refractivity contribution is 6.05. The number of pyridine rings is 1. The van der Waals surface area contributed by atoms with Crippen molar-refractivity contribution in [3.63, 3.8) is 0 Å². The van der Waals surface area contributed by atoms with E-state index in [1.54, 1.807) is 30.7 Å². The third kappa shape index (κ3) is 4.06. The van der Waals surface area contributed by atoms with Gasteiger partial charge in [0.2, 0.25) is 0 Å². The van der Waals surface area contributed by atoms with Gasteiger partial charge in [-0.2, -0.15) is 5.10 Å². The van der Waals surface area contributed by atoms with Gasteiger partial charge in [0.15, 0.2) is 0 Å². The number of aromatic nitrogens is 3. The highest BCUT2D eigenvalue weighted by atomic mass is 16.5. The minimum atomic E-state index is -0.167. The van der Waals surface area contributed by atoms with Crippen molar-refractivity contribution < 1.29 is 14.3 Å². The Morgan fingerprint density at radius 3 is 2.90 bits per heavy atom. The maximum atomic E-state index is 12.9. The molecule has 0 radical (unpaired) electrons. The van der Waals surface area contributed by atoms with Crippen LogP contribution in [0.3, 0.4) is 0 Å². The second-order valence-corrected chi connectivity index (χ2v) is 7.97. The second kappa shape index (κ2) is 8.31. The summed E-state index contributed by atoms with van der Waals surface area (Å²) >= 11 is 0. The third-order valence-electron chi connectivity index (χ3n) is 5.88. The summed E-state index contributed by atoms with van der Waals surface area (Å²) in [6.07, 6.45) is 6.42. The largest absolute Gasteiger partial charge is 0.372 e. The number of nitrogens with one attached hydrogen (secondary N) is 2. The van der Waals surface area contributed by atoms with Crippen LogP contribution in [0.1, 0.15) is 44.0 Å². The van der Waals surface area contributed by atoms with Crippen molar-refractivity contribution in [2.24, 2.45) is 5.92 Å². The molecule has 2 aliphatic heterocycles. The molecule has 5 rings (SSSR count). The molecule has 0 aliphatic carbocycles. The molecule has 3 aromatic rings. The molecule has 1 aromatic carbocycles. The summed E-state index contributed by atoms with van der Waals surface area (Å²) in [7, 11) is 0. The van der Waals surface area contributed by atoms with E-state index in [9.17, 15) is 9.59 Å². The van der Waals surface area contributed by atoms with Crippen LogP contribution in [0.5, 0.6) is 0 Å². The molecule has 2 aliphatic rings. The summed E-state index contributed by atoms with van der Waals surface area (Å²) in [4.78, 5) is 29.2. The Labute approximate surface area is 179 Å². The van der Waals surface area contributed by atoms with Gasteiger partial charge >= 0.3 is 0 Å². The van der Waals surface area contributed by atoms with Gasteiger partial charge in [0.1, 0.15) is 0 Å². The molecule has 0 saturated heterocycles. The van der Waals surface area contributed by atoms with E-state index in [2.05, 4.69) is 20.7 Å². The number of amides is 2. The van der Waals surface area contributed by atoms with E-state index in [1.807, 2.05) is 22.9 Å². The van der Waals surface area contributed by atoms with Gasteiger partial charge in [0, 0.05) is 31.2 Å². The van der Waals surface area contributed by atoms with E-state index in [0.717, 1.165) is 35.5 Å². The van der Waals surface area contributed by atoms with E-state index in [0.29, 0.717) is 37.3 Å². The molecule has 0 bridgehead atoms. The number of ether oxygens (including phenoxy) is 1. The summed E-state index contributed by atoms with van der Waals surface area (Å²) in [6.45, 7) is 2.48. The lowest BCUT2D eigenvalue weighted by atomic mass is 9.94. The predicted molar refractivity (Wildman–Crippen MR) is 113 cm³/mol. The van der Waals surface area contributed by atoms with Gasteiger partial charge in [-0.1, -0.05) is 6.07 Å². The first-order valence-electron chi connectivity index (χ1n) is 10.4. The maximum absolute atomic E-state index is 12.9. The number of benzene rings is 1. The summed E-state index contributed by atoms with van der Waals surface area (Å²) in [6, 6.07) is 9.34. The van der Waals surface area contributed by atoms with Crippen LogP contribution in [0.2, 0.25) is 0 Å². The Bertz CT molecular complexity index is 1130. The zero-order valence-corrected chi connectivity index (χ0v) is 17.0. The van der Waals surface area contributed by atoms with Crippen LogP contribution in [-0.4, -0.2) is 33.1 Å². The fourth-order valence-corrected chi connectivity index (χ4v) is 4.15. The number of anilines is 1. The normalized spacial score (nSPS) is 17.0. The molecule has 0 saturated carbocycles. The number of nitrogens with zero attached hydrogens (tertiary/aromatic N) is 3. The summed E-state index contributed by atoms with van der Waals surface area (Å²) in [5.74, 6) is -0.0561. The van der Waals surface area contributed by atoms with E-state index >= 15 is 0 Å². The topological polar surface area (TPSA) is 98.1 Å². The van der Waals surface area contributed by atoms with Crippen LogP contribution in [-0.2, 0) is 30.9 Å². The molecular formula is C23H23N5O3. The Morgan fingerprint density at radius 1 is 1.13 bits per heavy atom. The maximum Gasteiger partial charge on any atom is 0.259 e. The molecule has 31 heavy (non-hydrogen) atoms. The zero-order chi connectivity index (χ0) is 21.2. The minimum Gasteiger partial charge on any atom is -0.372 e. The van der Waals surface area contributed by atoms with Crippen LogP contribution in [0.4, 0.5) is 5.69 Å². The van der Waals surface area contributed by atoms with Crippen molar-refractivity contribution in [1.29, 1.82) is 0 Å². The Hall–Kier alpha value is -3.52. The monoisotopic (exact) mass is 417 g/mol. The predicted octanol–water partition coefficient (Wildman–Crippen LogP) is 2.55. The molecule has 8 nitrogen and oxygen atoms in total. The zero-order valence-electron chi connectivity index (χ0n) is 17.0. The van der Waals surface area contributed by atoms with E-state index in [4.69, 9.17) is 4.74 Å². The van der Waals surface area contributed by atoms with Crippen molar-refractivity contribution >= 4 is 17.5 Å². The van der Waals surface area contributed by atoms with Crippen molar-refractivity contribution in [2.75, 3.05) is 11.9 Å². The second-order valence-electron chi connectivity index (χ2n) is 7.97. The van der Waals surface area contributed by atoms with Crippen molar-refractivity contribution in [3.8, 4) is 0 Å². The lowest BCUT2D eigenvalue weighted by Gasteiger charge is -2.24. The van der Waals surface area contributed by atoms with Crippen molar-refractivity contribution in [3.05, 3.63) is 76.9 Å². The lowest BCUT2D eigenvalue weighted by molar-refractivity contribution is 0.0942. The van der Waals surface area contributed by atoms with Crippen LogP contribution in [0, 0.1) is 5.92 Å². The molecule has 1 atom stereocenters. The number of carbonyl (C=O) groups excluding carboxylic acids is 2. The number of fused-ring (bicyclic) bond motifs is 2. The fraction of sp³-hybridized carbons (Fsp3) is 0.304. The standard InChI is InChI=1S/C23H23N5O3/c29-22(16-2-1-6-24-11-16)25-10-15-5-7-28-21(8-15)20(12-26-28)23(30)27-19-4-3-17-13-31-14-18(17)9-19/h1-4,6,9,11-12,15H,5,7-8,10,13-14H2,(H,25,29)(H,27,30)/t15-/m0/s1. The van der Waals surface area contributed by atoms with Crippen molar-refractivity contribution in [1.82, 2.24) is 20.1 Å². The van der Waals surface area contributed by atoms with Crippen molar-refractivity contribution in [2.45, 2.75) is 32.6 Å². The van der Waals surface area contributed by atoms with Gasteiger partial charge < -0.3 is 15.4 Å². The first kappa shape index (κ1) is 19.4. The Morgan fingerprint density at radius 2 is 2.03 bits per heavy atom.